The normalized spacial score (nSPS) is 1.75. The fraction of sp³-hybridized carbons (Fsp3) is 0. The molecule has 0 N–H and O–H groups in total. The Morgan fingerprint density at radius 1 is 2.00 bits per heavy atom. The molecule has 2 radical (unpaired) electrons. The maximum absolute atomic E-state index is 7.10. The van der Waals surface area contributed by atoms with Gasteiger partial charge in [0, 0.05) is 0 Å². The summed E-state index contributed by atoms with van der Waals surface area (Å²) in [6.45, 7) is 0. The summed E-state index contributed by atoms with van der Waals surface area (Å²) in [6.07, 6.45) is 0. The Morgan fingerprint density at radius 3 is 2.00 bits per heavy atom. The van der Waals surface area contributed by atoms with Crippen molar-refractivity contribution in [3.8, 4) is 5.97 Å². The van der Waals surface area contributed by atoms with Gasteiger partial charge in [0.2, 0.25) is 7.85 Å². The largest absolute Gasteiger partial charge is 1.00 e. The quantitative estimate of drug-likeness (QED) is 0.278. The number of hydrogen-bond acceptors (Lipinski definition) is 1. The zero-order valence-corrected chi connectivity index (χ0v) is 5.65. The molecule has 0 aromatic heterocycles. The molecule has 0 bridgehead atoms. The SMILES string of the molecule is [B]C#N.[H-].[K+]. The van der Waals surface area contributed by atoms with Crippen molar-refractivity contribution in [3.05, 3.63) is 0 Å². The Balaban J connectivity index is -0.0000000200. The van der Waals surface area contributed by atoms with Crippen LogP contribution in [0.15, 0.2) is 0 Å². The van der Waals surface area contributed by atoms with Crippen LogP contribution in [0.2, 0.25) is 0 Å². The second kappa shape index (κ2) is 8.89. The molecule has 14 valence electrons. The van der Waals surface area contributed by atoms with Crippen molar-refractivity contribution in [1.29, 1.82) is 5.26 Å². The van der Waals surface area contributed by atoms with Crippen LogP contribution in [0.1, 0.15) is 1.43 Å². The molecule has 0 aliphatic heterocycles. The molecule has 0 aromatic rings. The van der Waals surface area contributed by atoms with E-state index in [1.165, 1.54) is 5.97 Å². The molecule has 0 spiro atoms. The molecule has 1 nitrogen and oxygen atoms in total. The molecule has 0 amide bonds. The van der Waals surface area contributed by atoms with Crippen LogP contribution in [0, 0.1) is 11.2 Å². The summed E-state index contributed by atoms with van der Waals surface area (Å²) in [5.41, 5.74) is 0. The molecule has 0 aliphatic rings. The zero-order valence-electron chi connectivity index (χ0n) is 3.52. The van der Waals surface area contributed by atoms with Gasteiger partial charge in [0.15, 0.2) is 0 Å². The summed E-state index contributed by atoms with van der Waals surface area (Å²) in [5, 5.41) is 7.10. The Kier molecular flexibility index (Phi) is 19.9. The first-order valence-corrected chi connectivity index (χ1v) is 0.512. The van der Waals surface area contributed by atoms with Crippen LogP contribution >= 0.6 is 0 Å². The van der Waals surface area contributed by atoms with Crippen LogP contribution in [0.3, 0.4) is 0 Å². The third kappa shape index (κ3) is 10.8. The molecule has 0 fully saturated rings. The van der Waals surface area contributed by atoms with E-state index in [0.29, 0.717) is 0 Å². The van der Waals surface area contributed by atoms with E-state index in [0.717, 1.165) is 0 Å². The minimum atomic E-state index is 0. The standard InChI is InChI=1S/CBN.K.H/c2-1-3;;/q;+1;-1. The van der Waals surface area contributed by atoms with Crippen molar-refractivity contribution in [2.75, 3.05) is 0 Å². The van der Waals surface area contributed by atoms with Crippen LogP contribution in [0.5, 0.6) is 0 Å². The molecule has 0 aliphatic carbocycles. The Morgan fingerprint density at radius 2 is 2.00 bits per heavy atom. The van der Waals surface area contributed by atoms with Crippen LogP contribution in [-0.2, 0) is 0 Å². The topological polar surface area (TPSA) is 23.8 Å². The number of nitrogens with zero attached hydrogens (tertiary/aromatic N) is 1. The van der Waals surface area contributed by atoms with E-state index in [1.54, 1.807) is 0 Å². The van der Waals surface area contributed by atoms with Crippen molar-refractivity contribution in [2.45, 2.75) is 0 Å². The van der Waals surface area contributed by atoms with Crippen LogP contribution in [-0.4, -0.2) is 7.85 Å². The third-order valence-electron chi connectivity index (χ3n) is 0. The van der Waals surface area contributed by atoms with E-state index in [4.69, 9.17) is 5.26 Å². The van der Waals surface area contributed by atoms with Gasteiger partial charge in [-0.3, -0.25) is 0 Å². The van der Waals surface area contributed by atoms with Gasteiger partial charge in [0.05, 0.1) is 0 Å². The van der Waals surface area contributed by atoms with Crippen molar-refractivity contribution < 1.29 is 52.8 Å². The molecule has 0 atom stereocenters. The van der Waals surface area contributed by atoms with E-state index in [1.807, 2.05) is 0 Å². The molecule has 0 unspecified atom stereocenters. The molecule has 0 saturated heterocycles. The summed E-state index contributed by atoms with van der Waals surface area (Å²) < 4.78 is 0. The first kappa shape index (κ1) is 8.95. The summed E-state index contributed by atoms with van der Waals surface area (Å²) in [6, 6.07) is 0. The van der Waals surface area contributed by atoms with Gasteiger partial charge in [-0.25, -0.2) is 5.26 Å². The molecular formula is CHBKN. The van der Waals surface area contributed by atoms with Gasteiger partial charge < -0.3 is 1.43 Å². The monoisotopic (exact) mass is 77.0 g/mol. The third-order valence-corrected chi connectivity index (χ3v) is 0. The van der Waals surface area contributed by atoms with E-state index < -0.39 is 0 Å². The maximum atomic E-state index is 7.10. The summed E-state index contributed by atoms with van der Waals surface area (Å²) >= 11 is 0. The predicted molar refractivity (Wildman–Crippen MR) is 12.5 cm³/mol. The van der Waals surface area contributed by atoms with Crippen LogP contribution in [0.4, 0.5) is 0 Å². The van der Waals surface area contributed by atoms with Gasteiger partial charge in [-0.15, -0.1) is 0 Å². The smallest absolute Gasteiger partial charge is 1.00 e. The van der Waals surface area contributed by atoms with E-state index in [-0.39, 0.29) is 52.8 Å². The molecule has 0 heterocycles. The summed E-state index contributed by atoms with van der Waals surface area (Å²) in [7, 11) is 4.15. The van der Waals surface area contributed by atoms with Gasteiger partial charge in [0.25, 0.3) is 0 Å². The van der Waals surface area contributed by atoms with Crippen molar-refractivity contribution in [3.63, 3.8) is 0 Å². The Labute approximate surface area is 70.7 Å². The van der Waals surface area contributed by atoms with E-state index >= 15 is 0 Å². The van der Waals surface area contributed by atoms with Gasteiger partial charge in [-0.2, -0.15) is 0 Å². The summed E-state index contributed by atoms with van der Waals surface area (Å²) in [4.78, 5) is 0. The number of rotatable bonds is 0. The summed E-state index contributed by atoms with van der Waals surface area (Å²) in [5.74, 6) is 1.25. The second-order valence-corrected chi connectivity index (χ2v) is 0.129. The molecule has 3 heteroatoms. The fourth-order valence-corrected chi connectivity index (χ4v) is 0. The van der Waals surface area contributed by atoms with Crippen molar-refractivity contribution in [2.24, 2.45) is 0 Å². The van der Waals surface area contributed by atoms with Crippen molar-refractivity contribution >= 4 is 7.85 Å². The molecule has 0 aromatic carbocycles. The fourth-order valence-electron chi connectivity index (χ4n) is 0. The second-order valence-electron chi connectivity index (χ2n) is 0.129. The maximum Gasteiger partial charge on any atom is 1.00 e. The first-order valence-electron chi connectivity index (χ1n) is 0.512. The Hall–Kier alpha value is 1.19. The Bertz CT molecular complexity index is 33.1. The average Bonchev–Trinajstić information content (AvgIpc) is 0.918. The number of hydrogen-bond donors (Lipinski definition) is 0. The van der Waals surface area contributed by atoms with Gasteiger partial charge >= 0.3 is 51.4 Å². The van der Waals surface area contributed by atoms with Gasteiger partial charge in [-0.1, -0.05) is 0 Å². The molecular weight excluding hydrogens is 75.9 g/mol. The van der Waals surface area contributed by atoms with Gasteiger partial charge in [-0.05, 0) is 5.97 Å². The van der Waals surface area contributed by atoms with Gasteiger partial charge in [0.1, 0.15) is 0 Å². The van der Waals surface area contributed by atoms with Crippen LogP contribution < -0.4 is 51.4 Å². The van der Waals surface area contributed by atoms with E-state index in [2.05, 4.69) is 7.85 Å². The minimum Gasteiger partial charge on any atom is -1.00 e. The molecule has 4 heavy (non-hydrogen) atoms. The van der Waals surface area contributed by atoms with Crippen molar-refractivity contribution in [1.82, 2.24) is 0 Å². The molecule has 0 rings (SSSR count). The predicted octanol–water partition coefficient (Wildman–Crippen LogP) is -3.25. The minimum absolute atomic E-state index is 0. The van der Waals surface area contributed by atoms with Crippen LogP contribution in [0.25, 0.3) is 0 Å². The van der Waals surface area contributed by atoms with E-state index in [9.17, 15) is 0 Å². The first-order chi connectivity index (χ1) is 1.41. The molecule has 0 saturated carbocycles. The average molecular weight is 76.9 g/mol. The zero-order chi connectivity index (χ0) is 2.71. The number of nitriles is 1.